The highest BCUT2D eigenvalue weighted by molar-refractivity contribution is 6.31. The quantitative estimate of drug-likeness (QED) is 0.628. The Morgan fingerprint density at radius 3 is 3.00 bits per heavy atom. The van der Waals surface area contributed by atoms with E-state index in [9.17, 15) is 0 Å². The van der Waals surface area contributed by atoms with Gasteiger partial charge >= 0.3 is 0 Å². The minimum absolute atomic E-state index is 0.632. The summed E-state index contributed by atoms with van der Waals surface area (Å²) >= 11 is 5.93. The van der Waals surface area contributed by atoms with Gasteiger partial charge in [-0.2, -0.15) is 5.10 Å². The van der Waals surface area contributed by atoms with Crippen LogP contribution in [0.2, 0.25) is 5.02 Å². The van der Waals surface area contributed by atoms with Crippen LogP contribution in [0.5, 0.6) is 0 Å². The largest absolute Gasteiger partial charge is 0.308 e. The Balaban J connectivity index is 2.20. The van der Waals surface area contributed by atoms with Crippen molar-refractivity contribution in [1.82, 2.24) is 14.8 Å². The van der Waals surface area contributed by atoms with Gasteiger partial charge in [-0.05, 0) is 24.6 Å². The van der Waals surface area contributed by atoms with Gasteiger partial charge in [-0.15, -0.1) is 0 Å². The summed E-state index contributed by atoms with van der Waals surface area (Å²) in [6.45, 7) is 2.52. The van der Waals surface area contributed by atoms with Crippen LogP contribution in [0.15, 0.2) is 24.5 Å². The maximum atomic E-state index is 5.93. The summed E-state index contributed by atoms with van der Waals surface area (Å²) in [5.41, 5.74) is 4.39. The van der Waals surface area contributed by atoms with Crippen LogP contribution >= 0.6 is 11.6 Å². The fraction of sp³-hybridized carbons (Fsp3) is 0.200. The summed E-state index contributed by atoms with van der Waals surface area (Å²) in [7, 11) is 0. The second-order valence-electron chi connectivity index (χ2n) is 3.45. The molecule has 0 spiro atoms. The molecule has 0 unspecified atom stereocenters. The molecule has 0 saturated heterocycles. The summed E-state index contributed by atoms with van der Waals surface area (Å²) in [5, 5.41) is 4.95. The average Bonchev–Trinajstić information content (AvgIpc) is 2.58. The van der Waals surface area contributed by atoms with Crippen molar-refractivity contribution < 1.29 is 0 Å². The number of anilines is 1. The van der Waals surface area contributed by atoms with Gasteiger partial charge in [-0.3, -0.25) is 4.68 Å². The van der Waals surface area contributed by atoms with Crippen LogP contribution in [-0.2, 0) is 6.54 Å². The van der Waals surface area contributed by atoms with Crippen LogP contribution in [0.4, 0.5) is 5.82 Å². The number of nitrogens with one attached hydrogen (secondary N) is 1. The fourth-order valence-corrected chi connectivity index (χ4v) is 1.56. The van der Waals surface area contributed by atoms with Gasteiger partial charge in [0.15, 0.2) is 0 Å². The molecule has 2 rings (SSSR count). The van der Waals surface area contributed by atoms with E-state index in [1.807, 2.05) is 19.1 Å². The second-order valence-corrected chi connectivity index (χ2v) is 3.86. The third-order valence-corrected chi connectivity index (χ3v) is 2.57. The zero-order valence-electron chi connectivity index (χ0n) is 8.81. The van der Waals surface area contributed by atoms with Crippen LogP contribution in [0.1, 0.15) is 11.3 Å². The average molecular weight is 238 g/mol. The van der Waals surface area contributed by atoms with Crippen molar-refractivity contribution in [1.29, 1.82) is 0 Å². The van der Waals surface area contributed by atoms with Gasteiger partial charge in [0, 0.05) is 12.4 Å². The van der Waals surface area contributed by atoms with E-state index >= 15 is 0 Å². The maximum absolute atomic E-state index is 5.93. The zero-order valence-corrected chi connectivity index (χ0v) is 9.57. The molecule has 0 aliphatic heterocycles. The lowest BCUT2D eigenvalue weighted by molar-refractivity contribution is 0.679. The molecule has 84 valence electrons. The minimum Gasteiger partial charge on any atom is -0.308 e. The molecule has 2 aromatic heterocycles. The number of halogens is 1. The Labute approximate surface area is 98.2 Å². The van der Waals surface area contributed by atoms with E-state index in [1.165, 1.54) is 0 Å². The first-order chi connectivity index (χ1) is 7.69. The van der Waals surface area contributed by atoms with Gasteiger partial charge < -0.3 is 5.43 Å². The van der Waals surface area contributed by atoms with Crippen molar-refractivity contribution >= 4 is 17.4 Å². The second kappa shape index (κ2) is 4.51. The normalized spacial score (nSPS) is 10.4. The van der Waals surface area contributed by atoms with Crippen LogP contribution in [0, 0.1) is 6.92 Å². The maximum Gasteiger partial charge on any atom is 0.140 e. The van der Waals surface area contributed by atoms with Crippen LogP contribution in [0.25, 0.3) is 0 Å². The predicted molar refractivity (Wildman–Crippen MR) is 63.1 cm³/mol. The molecule has 0 bridgehead atoms. The molecule has 0 aliphatic carbocycles. The van der Waals surface area contributed by atoms with Gasteiger partial charge in [-0.25, -0.2) is 10.8 Å². The van der Waals surface area contributed by atoms with E-state index in [1.54, 1.807) is 17.1 Å². The Hall–Kier alpha value is -1.59. The first-order valence-corrected chi connectivity index (χ1v) is 5.18. The molecule has 0 aliphatic rings. The molecule has 2 heterocycles. The summed E-state index contributed by atoms with van der Waals surface area (Å²) in [5.74, 6) is 5.92. The molecule has 5 nitrogen and oxygen atoms in total. The summed E-state index contributed by atoms with van der Waals surface area (Å²) < 4.78 is 1.79. The standard InChI is InChI=1S/C10H12ClN5/c1-7-9(11)6-16(15-7)5-8-2-3-13-10(4-8)14-12/h2-4,6H,5,12H2,1H3,(H,13,14). The van der Waals surface area contributed by atoms with Crippen molar-refractivity contribution in [2.45, 2.75) is 13.5 Å². The third kappa shape index (κ3) is 2.32. The van der Waals surface area contributed by atoms with Crippen LogP contribution in [0.3, 0.4) is 0 Å². The number of hydrogen-bond donors (Lipinski definition) is 2. The molecule has 0 atom stereocenters. The van der Waals surface area contributed by atoms with Gasteiger partial charge in [0.25, 0.3) is 0 Å². The molecular weight excluding hydrogens is 226 g/mol. The van der Waals surface area contributed by atoms with Gasteiger partial charge in [0.05, 0.1) is 17.3 Å². The number of hydrazine groups is 1. The number of aryl methyl sites for hydroxylation is 1. The number of nitrogens with zero attached hydrogens (tertiary/aromatic N) is 3. The molecule has 0 amide bonds. The van der Waals surface area contributed by atoms with Crippen molar-refractivity contribution in [2.75, 3.05) is 5.43 Å². The third-order valence-electron chi connectivity index (χ3n) is 2.20. The molecule has 3 N–H and O–H groups in total. The monoisotopic (exact) mass is 237 g/mol. The highest BCUT2D eigenvalue weighted by atomic mass is 35.5. The van der Waals surface area contributed by atoms with E-state index in [0.717, 1.165) is 11.3 Å². The van der Waals surface area contributed by atoms with Crippen molar-refractivity contribution in [2.24, 2.45) is 5.84 Å². The minimum atomic E-state index is 0.632. The van der Waals surface area contributed by atoms with Crippen molar-refractivity contribution in [3.05, 3.63) is 40.8 Å². The molecule has 0 aromatic carbocycles. The lowest BCUT2D eigenvalue weighted by atomic mass is 10.2. The Kier molecular flexibility index (Phi) is 3.07. The smallest absolute Gasteiger partial charge is 0.140 e. The Morgan fingerprint density at radius 2 is 2.38 bits per heavy atom. The number of aromatic nitrogens is 3. The lowest BCUT2D eigenvalue weighted by Crippen LogP contribution is -2.09. The number of nitrogen functional groups attached to an aromatic ring is 1. The Morgan fingerprint density at radius 1 is 1.56 bits per heavy atom. The fourth-order valence-electron chi connectivity index (χ4n) is 1.41. The van der Waals surface area contributed by atoms with E-state index < -0.39 is 0 Å². The highest BCUT2D eigenvalue weighted by Crippen LogP contribution is 2.14. The van der Waals surface area contributed by atoms with Gasteiger partial charge in [0.1, 0.15) is 5.82 Å². The summed E-state index contributed by atoms with van der Waals surface area (Å²) in [6.07, 6.45) is 3.50. The molecule has 6 heteroatoms. The van der Waals surface area contributed by atoms with E-state index in [4.69, 9.17) is 17.4 Å². The first-order valence-electron chi connectivity index (χ1n) is 4.80. The number of nitrogens with two attached hydrogens (primary N) is 1. The zero-order chi connectivity index (χ0) is 11.5. The summed E-state index contributed by atoms with van der Waals surface area (Å²) in [4.78, 5) is 4.03. The molecule has 2 aromatic rings. The van der Waals surface area contributed by atoms with Crippen molar-refractivity contribution in [3.63, 3.8) is 0 Å². The molecule has 16 heavy (non-hydrogen) atoms. The lowest BCUT2D eigenvalue weighted by Gasteiger charge is -2.03. The molecule has 0 fully saturated rings. The topological polar surface area (TPSA) is 68.8 Å². The van der Waals surface area contributed by atoms with E-state index in [0.29, 0.717) is 17.4 Å². The predicted octanol–water partition coefficient (Wildman–Crippen LogP) is 1.57. The van der Waals surface area contributed by atoms with Crippen LogP contribution < -0.4 is 11.3 Å². The number of pyridine rings is 1. The van der Waals surface area contributed by atoms with E-state index in [-0.39, 0.29) is 0 Å². The van der Waals surface area contributed by atoms with E-state index in [2.05, 4.69) is 15.5 Å². The van der Waals surface area contributed by atoms with Crippen LogP contribution in [-0.4, -0.2) is 14.8 Å². The van der Waals surface area contributed by atoms with Crippen molar-refractivity contribution in [3.8, 4) is 0 Å². The highest BCUT2D eigenvalue weighted by Gasteiger charge is 2.03. The number of hydrogen-bond acceptors (Lipinski definition) is 4. The number of rotatable bonds is 3. The first kappa shape index (κ1) is 10.9. The summed E-state index contributed by atoms with van der Waals surface area (Å²) in [6, 6.07) is 3.77. The van der Waals surface area contributed by atoms with Gasteiger partial charge in [0.2, 0.25) is 0 Å². The molecule has 0 saturated carbocycles. The molecule has 0 radical (unpaired) electrons. The van der Waals surface area contributed by atoms with Gasteiger partial charge in [-0.1, -0.05) is 11.6 Å². The molecular formula is C10H12ClN5. The SMILES string of the molecule is Cc1nn(Cc2ccnc(NN)c2)cc1Cl. The Bertz CT molecular complexity index is 474.